The number of halogens is 3. The minimum absolute atomic E-state index is 0.0220. The molecule has 1 aliphatic carbocycles. The highest BCUT2D eigenvalue weighted by atomic mass is 32.1. The fraction of sp³-hybridized carbons (Fsp3) is 0.615. The lowest BCUT2D eigenvalue weighted by atomic mass is 9.79. The van der Waals surface area contributed by atoms with Gasteiger partial charge in [-0.2, -0.15) is 13.2 Å². The third kappa shape index (κ3) is 2.94. The van der Waals surface area contributed by atoms with Gasteiger partial charge in [-0.15, -0.1) is 11.3 Å². The molecule has 100 valence electrons. The van der Waals surface area contributed by atoms with Crippen molar-refractivity contribution in [1.82, 2.24) is 0 Å². The molecule has 1 aromatic heterocycles. The second-order valence-corrected chi connectivity index (χ2v) is 6.15. The van der Waals surface area contributed by atoms with Gasteiger partial charge < -0.3 is 0 Å². The standard InChI is InChI=1S/C13H15F3OS/c1-8-2-7-11(18-8)12(17)9-3-5-10(6-4-9)13(14,15)16/h2,7,9-10H,3-6H2,1H3. The Morgan fingerprint density at radius 2 is 1.83 bits per heavy atom. The van der Waals surface area contributed by atoms with E-state index in [0.717, 1.165) is 4.88 Å². The fourth-order valence-electron chi connectivity index (χ4n) is 2.45. The third-order valence-electron chi connectivity index (χ3n) is 3.54. The minimum Gasteiger partial charge on any atom is -0.293 e. The number of hydrogen-bond acceptors (Lipinski definition) is 2. The molecule has 0 N–H and O–H groups in total. The summed E-state index contributed by atoms with van der Waals surface area (Å²) in [5.41, 5.74) is 0. The Kier molecular flexibility index (Phi) is 3.80. The maximum absolute atomic E-state index is 12.5. The average Bonchev–Trinajstić information content (AvgIpc) is 2.74. The van der Waals surface area contributed by atoms with Gasteiger partial charge in [-0.25, -0.2) is 0 Å². The van der Waals surface area contributed by atoms with Crippen LogP contribution in [0.25, 0.3) is 0 Å². The molecule has 0 radical (unpaired) electrons. The quantitative estimate of drug-likeness (QED) is 0.721. The monoisotopic (exact) mass is 276 g/mol. The molecular formula is C13H15F3OS. The molecule has 2 rings (SSSR count). The first-order valence-corrected chi connectivity index (χ1v) is 6.87. The molecule has 18 heavy (non-hydrogen) atoms. The topological polar surface area (TPSA) is 17.1 Å². The van der Waals surface area contributed by atoms with Crippen LogP contribution in [0.2, 0.25) is 0 Å². The predicted molar refractivity (Wildman–Crippen MR) is 64.9 cm³/mol. The van der Waals surface area contributed by atoms with E-state index < -0.39 is 12.1 Å². The van der Waals surface area contributed by atoms with Crippen LogP contribution in [-0.2, 0) is 0 Å². The molecule has 1 nitrogen and oxygen atoms in total. The second-order valence-electron chi connectivity index (χ2n) is 4.86. The van der Waals surface area contributed by atoms with E-state index in [4.69, 9.17) is 0 Å². The van der Waals surface area contributed by atoms with Crippen LogP contribution in [0.5, 0.6) is 0 Å². The number of Topliss-reactive ketones (excluding diaryl/α,β-unsaturated/α-hetero) is 1. The molecule has 0 spiro atoms. The van der Waals surface area contributed by atoms with Gasteiger partial charge in [-0.05, 0) is 44.7 Å². The zero-order valence-electron chi connectivity index (χ0n) is 10.1. The number of alkyl halides is 3. The average molecular weight is 276 g/mol. The Bertz CT molecular complexity index is 428. The summed E-state index contributed by atoms with van der Waals surface area (Å²) in [6, 6.07) is 3.65. The Morgan fingerprint density at radius 3 is 2.28 bits per heavy atom. The van der Waals surface area contributed by atoms with Crippen LogP contribution >= 0.6 is 11.3 Å². The van der Waals surface area contributed by atoms with E-state index in [-0.39, 0.29) is 24.5 Å². The normalized spacial score (nSPS) is 25.1. The van der Waals surface area contributed by atoms with Gasteiger partial charge in [-0.3, -0.25) is 4.79 Å². The molecule has 0 atom stereocenters. The van der Waals surface area contributed by atoms with Gasteiger partial charge >= 0.3 is 6.18 Å². The number of carbonyl (C=O) groups is 1. The van der Waals surface area contributed by atoms with E-state index in [2.05, 4.69) is 0 Å². The minimum atomic E-state index is -4.10. The summed E-state index contributed by atoms with van der Waals surface area (Å²) in [5, 5.41) is 0. The van der Waals surface area contributed by atoms with Gasteiger partial charge in [0.25, 0.3) is 0 Å². The van der Waals surface area contributed by atoms with Crippen LogP contribution in [-0.4, -0.2) is 12.0 Å². The van der Waals surface area contributed by atoms with Gasteiger partial charge in [0.15, 0.2) is 5.78 Å². The lowest BCUT2D eigenvalue weighted by Gasteiger charge is -2.28. The maximum atomic E-state index is 12.5. The molecular weight excluding hydrogens is 261 g/mol. The van der Waals surface area contributed by atoms with Gasteiger partial charge in [0, 0.05) is 10.8 Å². The fourth-order valence-corrected chi connectivity index (χ4v) is 3.34. The van der Waals surface area contributed by atoms with Crippen LogP contribution in [0, 0.1) is 18.8 Å². The molecule has 5 heteroatoms. The summed E-state index contributed by atoms with van der Waals surface area (Å²) in [6.07, 6.45) is -3.21. The van der Waals surface area contributed by atoms with Gasteiger partial charge in [0.2, 0.25) is 0 Å². The molecule has 1 heterocycles. The number of carbonyl (C=O) groups excluding carboxylic acids is 1. The first-order valence-electron chi connectivity index (χ1n) is 6.05. The highest BCUT2D eigenvalue weighted by Crippen LogP contribution is 2.40. The van der Waals surface area contributed by atoms with Crippen molar-refractivity contribution in [2.24, 2.45) is 11.8 Å². The summed E-state index contributed by atoms with van der Waals surface area (Å²) in [4.78, 5) is 13.8. The lowest BCUT2D eigenvalue weighted by molar-refractivity contribution is -0.183. The van der Waals surface area contributed by atoms with Crippen molar-refractivity contribution in [3.8, 4) is 0 Å². The van der Waals surface area contributed by atoms with Crippen LogP contribution in [0.3, 0.4) is 0 Å². The second kappa shape index (κ2) is 5.03. The first-order chi connectivity index (χ1) is 8.38. The molecule has 0 bridgehead atoms. The number of rotatable bonds is 2. The Balaban J connectivity index is 1.96. The molecule has 1 saturated carbocycles. The van der Waals surface area contributed by atoms with Crippen molar-refractivity contribution in [3.63, 3.8) is 0 Å². The lowest BCUT2D eigenvalue weighted by Crippen LogP contribution is -2.30. The van der Waals surface area contributed by atoms with E-state index in [1.165, 1.54) is 11.3 Å². The zero-order valence-corrected chi connectivity index (χ0v) is 10.9. The maximum Gasteiger partial charge on any atom is 0.391 e. The summed E-state index contributed by atoms with van der Waals surface area (Å²) in [5.74, 6) is -1.41. The molecule has 1 aromatic rings. The predicted octanol–water partition coefficient (Wildman–Crippen LogP) is 4.61. The van der Waals surface area contributed by atoms with Crippen molar-refractivity contribution in [2.75, 3.05) is 0 Å². The van der Waals surface area contributed by atoms with Crippen LogP contribution in [0.4, 0.5) is 13.2 Å². The summed E-state index contributed by atoms with van der Waals surface area (Å²) in [7, 11) is 0. The number of thiophene rings is 1. The summed E-state index contributed by atoms with van der Waals surface area (Å²) in [6.45, 7) is 1.92. The highest BCUT2D eigenvalue weighted by Gasteiger charge is 2.42. The van der Waals surface area contributed by atoms with Crippen LogP contribution < -0.4 is 0 Å². The Hall–Kier alpha value is -0.840. The zero-order chi connectivity index (χ0) is 13.3. The van der Waals surface area contributed by atoms with E-state index in [9.17, 15) is 18.0 Å². The Morgan fingerprint density at radius 1 is 1.22 bits per heavy atom. The van der Waals surface area contributed by atoms with Gasteiger partial charge in [0.05, 0.1) is 10.8 Å². The summed E-state index contributed by atoms with van der Waals surface area (Å²) < 4.78 is 37.5. The van der Waals surface area contributed by atoms with Crippen molar-refractivity contribution in [2.45, 2.75) is 38.8 Å². The number of aryl methyl sites for hydroxylation is 1. The molecule has 1 fully saturated rings. The van der Waals surface area contributed by atoms with Crippen molar-refractivity contribution < 1.29 is 18.0 Å². The third-order valence-corrected chi connectivity index (χ3v) is 4.56. The van der Waals surface area contributed by atoms with E-state index in [1.54, 1.807) is 6.07 Å². The smallest absolute Gasteiger partial charge is 0.293 e. The highest BCUT2D eigenvalue weighted by molar-refractivity contribution is 7.14. The Labute approximate surface area is 108 Å². The van der Waals surface area contributed by atoms with Crippen molar-refractivity contribution >= 4 is 17.1 Å². The molecule has 0 unspecified atom stereocenters. The first kappa shape index (κ1) is 13.6. The van der Waals surface area contributed by atoms with Crippen molar-refractivity contribution in [3.05, 3.63) is 21.9 Å². The number of hydrogen-bond donors (Lipinski definition) is 0. The van der Waals surface area contributed by atoms with Crippen molar-refractivity contribution in [1.29, 1.82) is 0 Å². The van der Waals surface area contributed by atoms with E-state index in [0.29, 0.717) is 17.7 Å². The van der Waals surface area contributed by atoms with Gasteiger partial charge in [0.1, 0.15) is 0 Å². The van der Waals surface area contributed by atoms with E-state index >= 15 is 0 Å². The largest absolute Gasteiger partial charge is 0.391 e. The molecule has 0 aromatic carbocycles. The van der Waals surface area contributed by atoms with Crippen LogP contribution in [0.1, 0.15) is 40.2 Å². The molecule has 0 aliphatic heterocycles. The van der Waals surface area contributed by atoms with Gasteiger partial charge in [-0.1, -0.05) is 0 Å². The molecule has 1 aliphatic rings. The summed E-state index contributed by atoms with van der Waals surface area (Å²) >= 11 is 1.42. The molecule has 0 saturated heterocycles. The van der Waals surface area contributed by atoms with E-state index in [1.807, 2.05) is 13.0 Å². The molecule has 0 amide bonds. The number of ketones is 1. The van der Waals surface area contributed by atoms with Crippen LogP contribution in [0.15, 0.2) is 12.1 Å². The SMILES string of the molecule is Cc1ccc(C(=O)C2CCC(C(F)(F)F)CC2)s1.